The van der Waals surface area contributed by atoms with Crippen LogP contribution in [-0.2, 0) is 14.3 Å². The minimum Gasteiger partial charge on any atom is -0.381 e. The van der Waals surface area contributed by atoms with Crippen molar-refractivity contribution in [2.24, 2.45) is 0 Å². The Morgan fingerprint density at radius 3 is 2.62 bits per heavy atom. The summed E-state index contributed by atoms with van der Waals surface area (Å²) in [5.74, 6) is -0.0112. The van der Waals surface area contributed by atoms with Crippen LogP contribution in [0.1, 0.15) is 19.8 Å². The predicted octanol–water partition coefficient (Wildman–Crippen LogP) is 0.318. The van der Waals surface area contributed by atoms with Gasteiger partial charge in [0.1, 0.15) is 0 Å². The van der Waals surface area contributed by atoms with Gasteiger partial charge >= 0.3 is 0 Å². The second-order valence-electron chi connectivity index (χ2n) is 3.41. The molecule has 0 radical (unpaired) electrons. The molecule has 1 N–H and O–H groups in total. The fourth-order valence-electron chi connectivity index (χ4n) is 1.48. The Bertz CT molecular complexity index is 176. The smallest absolute Gasteiger partial charge is 0.216 e. The van der Waals surface area contributed by atoms with E-state index in [0.29, 0.717) is 19.8 Å². The van der Waals surface area contributed by atoms with Gasteiger partial charge in [-0.05, 0) is 0 Å². The molecule has 1 fully saturated rings. The van der Waals surface area contributed by atoms with Crippen LogP contribution in [0.15, 0.2) is 0 Å². The van der Waals surface area contributed by atoms with E-state index in [2.05, 4.69) is 5.32 Å². The molecule has 4 nitrogen and oxygen atoms in total. The lowest BCUT2D eigenvalue weighted by Gasteiger charge is -2.35. The SMILES string of the molecule is COC1(CNC(C)=O)CCOCC1. The minimum atomic E-state index is -0.204. The maximum Gasteiger partial charge on any atom is 0.216 e. The fourth-order valence-corrected chi connectivity index (χ4v) is 1.48. The van der Waals surface area contributed by atoms with Crippen LogP contribution < -0.4 is 5.32 Å². The molecular formula is C9H17NO3. The van der Waals surface area contributed by atoms with E-state index in [-0.39, 0.29) is 11.5 Å². The van der Waals surface area contributed by atoms with Gasteiger partial charge < -0.3 is 14.8 Å². The molecule has 1 amide bonds. The first-order chi connectivity index (χ1) is 6.18. The summed E-state index contributed by atoms with van der Waals surface area (Å²) in [7, 11) is 1.69. The third-order valence-corrected chi connectivity index (χ3v) is 2.50. The molecule has 0 unspecified atom stereocenters. The molecule has 0 aromatic carbocycles. The van der Waals surface area contributed by atoms with Gasteiger partial charge in [0.05, 0.1) is 5.60 Å². The molecule has 0 aromatic heterocycles. The van der Waals surface area contributed by atoms with Gasteiger partial charge in [0.25, 0.3) is 0 Å². The quantitative estimate of drug-likeness (QED) is 0.692. The average Bonchev–Trinajstić information content (AvgIpc) is 2.16. The first-order valence-electron chi connectivity index (χ1n) is 4.56. The minimum absolute atomic E-state index is 0.0112. The molecule has 0 saturated carbocycles. The van der Waals surface area contributed by atoms with Crippen LogP contribution >= 0.6 is 0 Å². The van der Waals surface area contributed by atoms with Crippen molar-refractivity contribution in [3.8, 4) is 0 Å². The van der Waals surface area contributed by atoms with Gasteiger partial charge in [-0.1, -0.05) is 0 Å². The molecule has 0 spiro atoms. The van der Waals surface area contributed by atoms with E-state index >= 15 is 0 Å². The standard InChI is InChI=1S/C9H17NO3/c1-8(11)10-7-9(12-2)3-5-13-6-4-9/h3-7H2,1-2H3,(H,10,11). The normalized spacial score (nSPS) is 21.1. The number of carbonyl (C=O) groups is 1. The van der Waals surface area contributed by atoms with Crippen LogP contribution in [0.2, 0.25) is 0 Å². The number of methoxy groups -OCH3 is 1. The van der Waals surface area contributed by atoms with Crippen LogP contribution in [0.25, 0.3) is 0 Å². The molecular weight excluding hydrogens is 170 g/mol. The Hall–Kier alpha value is -0.610. The molecule has 1 aliphatic heterocycles. The van der Waals surface area contributed by atoms with Crippen molar-refractivity contribution < 1.29 is 14.3 Å². The number of hydrogen-bond acceptors (Lipinski definition) is 3. The average molecular weight is 187 g/mol. The summed E-state index contributed by atoms with van der Waals surface area (Å²) < 4.78 is 10.7. The largest absolute Gasteiger partial charge is 0.381 e. The predicted molar refractivity (Wildman–Crippen MR) is 48.5 cm³/mol. The first-order valence-corrected chi connectivity index (χ1v) is 4.56. The van der Waals surface area contributed by atoms with Crippen LogP contribution in [0.3, 0.4) is 0 Å². The summed E-state index contributed by atoms with van der Waals surface area (Å²) >= 11 is 0. The lowest BCUT2D eigenvalue weighted by Crippen LogP contribution is -2.47. The molecule has 1 rings (SSSR count). The van der Waals surface area contributed by atoms with Gasteiger partial charge in [0.15, 0.2) is 0 Å². The molecule has 1 aliphatic rings. The molecule has 0 aliphatic carbocycles. The molecule has 0 aromatic rings. The summed E-state index contributed by atoms with van der Waals surface area (Å²) in [6.07, 6.45) is 1.70. The Kier molecular flexibility index (Phi) is 3.69. The van der Waals surface area contributed by atoms with Crippen molar-refractivity contribution in [1.82, 2.24) is 5.32 Å². The Morgan fingerprint density at radius 1 is 1.54 bits per heavy atom. The summed E-state index contributed by atoms with van der Waals surface area (Å²) in [4.78, 5) is 10.7. The van der Waals surface area contributed by atoms with Crippen molar-refractivity contribution in [2.75, 3.05) is 26.9 Å². The number of amides is 1. The molecule has 13 heavy (non-hydrogen) atoms. The Balaban J connectivity index is 2.42. The maximum atomic E-state index is 10.7. The fraction of sp³-hybridized carbons (Fsp3) is 0.889. The lowest BCUT2D eigenvalue weighted by molar-refractivity contribution is -0.123. The lowest BCUT2D eigenvalue weighted by atomic mass is 9.94. The number of hydrogen-bond donors (Lipinski definition) is 1. The number of carbonyl (C=O) groups excluding carboxylic acids is 1. The topological polar surface area (TPSA) is 47.6 Å². The first kappa shape index (κ1) is 10.5. The monoisotopic (exact) mass is 187 g/mol. The van der Waals surface area contributed by atoms with Gasteiger partial charge in [0, 0.05) is 46.6 Å². The Morgan fingerprint density at radius 2 is 2.15 bits per heavy atom. The van der Waals surface area contributed by atoms with Gasteiger partial charge in [-0.15, -0.1) is 0 Å². The highest BCUT2D eigenvalue weighted by Crippen LogP contribution is 2.23. The van der Waals surface area contributed by atoms with Crippen LogP contribution in [-0.4, -0.2) is 38.4 Å². The molecule has 1 saturated heterocycles. The van der Waals surface area contributed by atoms with E-state index in [9.17, 15) is 4.79 Å². The zero-order valence-electron chi connectivity index (χ0n) is 8.26. The van der Waals surface area contributed by atoms with E-state index in [1.54, 1.807) is 7.11 Å². The third kappa shape index (κ3) is 2.97. The van der Waals surface area contributed by atoms with Crippen molar-refractivity contribution in [3.63, 3.8) is 0 Å². The summed E-state index contributed by atoms with van der Waals surface area (Å²) in [5.41, 5.74) is -0.204. The van der Waals surface area contributed by atoms with Crippen molar-refractivity contribution in [3.05, 3.63) is 0 Å². The highest BCUT2D eigenvalue weighted by Gasteiger charge is 2.32. The van der Waals surface area contributed by atoms with E-state index in [1.165, 1.54) is 6.92 Å². The molecule has 0 bridgehead atoms. The molecule has 1 heterocycles. The molecule has 4 heteroatoms. The van der Waals surface area contributed by atoms with Gasteiger partial charge in [-0.25, -0.2) is 0 Å². The van der Waals surface area contributed by atoms with Crippen molar-refractivity contribution >= 4 is 5.91 Å². The van der Waals surface area contributed by atoms with Crippen molar-refractivity contribution in [2.45, 2.75) is 25.4 Å². The van der Waals surface area contributed by atoms with Gasteiger partial charge in [0.2, 0.25) is 5.91 Å². The highest BCUT2D eigenvalue weighted by atomic mass is 16.5. The number of ether oxygens (including phenoxy) is 2. The zero-order valence-corrected chi connectivity index (χ0v) is 8.26. The number of nitrogens with one attached hydrogen (secondary N) is 1. The van der Waals surface area contributed by atoms with E-state index < -0.39 is 0 Å². The maximum absolute atomic E-state index is 10.7. The second kappa shape index (κ2) is 4.58. The third-order valence-electron chi connectivity index (χ3n) is 2.50. The summed E-state index contributed by atoms with van der Waals surface area (Å²) in [5, 5.41) is 2.79. The van der Waals surface area contributed by atoms with Crippen molar-refractivity contribution in [1.29, 1.82) is 0 Å². The van der Waals surface area contributed by atoms with Gasteiger partial charge in [-0.3, -0.25) is 4.79 Å². The van der Waals surface area contributed by atoms with Gasteiger partial charge in [-0.2, -0.15) is 0 Å². The van der Waals surface area contributed by atoms with E-state index in [1.807, 2.05) is 0 Å². The number of rotatable bonds is 3. The van der Waals surface area contributed by atoms with E-state index in [0.717, 1.165) is 12.8 Å². The summed E-state index contributed by atoms with van der Waals surface area (Å²) in [6, 6.07) is 0. The molecule has 76 valence electrons. The van der Waals surface area contributed by atoms with Crippen LogP contribution in [0, 0.1) is 0 Å². The Labute approximate surface area is 78.6 Å². The zero-order chi connectivity index (χ0) is 9.73. The highest BCUT2D eigenvalue weighted by molar-refractivity contribution is 5.72. The van der Waals surface area contributed by atoms with Crippen LogP contribution in [0.4, 0.5) is 0 Å². The summed E-state index contributed by atoms with van der Waals surface area (Å²) in [6.45, 7) is 3.53. The van der Waals surface area contributed by atoms with Crippen LogP contribution in [0.5, 0.6) is 0 Å². The molecule has 0 atom stereocenters. The second-order valence-corrected chi connectivity index (χ2v) is 3.41. The van der Waals surface area contributed by atoms with E-state index in [4.69, 9.17) is 9.47 Å².